The van der Waals surface area contributed by atoms with Crippen LogP contribution in [-0.2, 0) is 9.59 Å². The molecule has 0 heterocycles. The second kappa shape index (κ2) is 5.72. The Morgan fingerprint density at radius 1 is 1.12 bits per heavy atom. The van der Waals surface area contributed by atoms with Crippen LogP contribution in [0.25, 0.3) is 0 Å². The van der Waals surface area contributed by atoms with Gasteiger partial charge in [-0.25, -0.2) is 8.78 Å². The molecular weight excluding hydrogens is 322 g/mol. The summed E-state index contributed by atoms with van der Waals surface area (Å²) in [6.45, 7) is 3.76. The van der Waals surface area contributed by atoms with E-state index in [1.54, 1.807) is 0 Å². The Bertz CT molecular complexity index is 640. The van der Waals surface area contributed by atoms with Crippen LogP contribution in [0.15, 0.2) is 11.6 Å². The molecule has 25 heavy (non-hydrogen) atoms. The van der Waals surface area contributed by atoms with Crippen LogP contribution in [0.1, 0.15) is 65.2 Å². The van der Waals surface area contributed by atoms with Crippen LogP contribution >= 0.6 is 0 Å². The Balaban J connectivity index is 1.71. The fourth-order valence-corrected chi connectivity index (χ4v) is 7.29. The summed E-state index contributed by atoms with van der Waals surface area (Å²) in [6.07, 6.45) is 5.30. The average molecular weight is 350 g/mol. The number of alkyl halides is 2. The summed E-state index contributed by atoms with van der Waals surface area (Å²) >= 11 is 0. The minimum Gasteiger partial charge on any atom is -0.300 e. The van der Waals surface area contributed by atoms with Crippen molar-refractivity contribution in [2.75, 3.05) is 0 Å². The molecule has 0 aromatic heterocycles. The molecule has 0 saturated heterocycles. The fourth-order valence-electron chi connectivity index (χ4n) is 7.29. The van der Waals surface area contributed by atoms with E-state index in [9.17, 15) is 18.4 Å². The molecule has 4 rings (SSSR count). The highest BCUT2D eigenvalue weighted by Crippen LogP contribution is 2.68. The fraction of sp³-hybridized carbons (Fsp3) is 0.810. The van der Waals surface area contributed by atoms with Gasteiger partial charge in [0.25, 0.3) is 0 Å². The number of hydrogen-bond acceptors (Lipinski definition) is 2. The Labute approximate surface area is 148 Å². The van der Waals surface area contributed by atoms with Gasteiger partial charge in [0.2, 0.25) is 6.43 Å². The van der Waals surface area contributed by atoms with Gasteiger partial charge in [-0.1, -0.05) is 12.5 Å². The van der Waals surface area contributed by atoms with E-state index in [-0.39, 0.29) is 28.8 Å². The van der Waals surface area contributed by atoms with E-state index in [1.165, 1.54) is 12.5 Å². The first-order valence-electron chi connectivity index (χ1n) is 9.83. The quantitative estimate of drug-likeness (QED) is 0.705. The third kappa shape index (κ3) is 2.24. The molecule has 0 aromatic carbocycles. The molecule has 0 bridgehead atoms. The van der Waals surface area contributed by atoms with Gasteiger partial charge in [-0.05, 0) is 81.1 Å². The van der Waals surface area contributed by atoms with Crippen LogP contribution in [0.4, 0.5) is 8.78 Å². The Hall–Kier alpha value is -1.06. The van der Waals surface area contributed by atoms with Gasteiger partial charge in [-0.3, -0.25) is 9.59 Å². The lowest BCUT2D eigenvalue weighted by atomic mass is 9.46. The second-order valence-electron chi connectivity index (χ2n) is 9.16. The molecular formula is C21H28F2O2. The minimum atomic E-state index is -2.41. The summed E-state index contributed by atoms with van der Waals surface area (Å²) < 4.78 is 28.6. The molecule has 2 nitrogen and oxygen atoms in total. The van der Waals surface area contributed by atoms with Crippen molar-refractivity contribution in [2.24, 2.45) is 34.5 Å². The minimum absolute atomic E-state index is 0.000576. The first-order valence-corrected chi connectivity index (χ1v) is 9.83. The topological polar surface area (TPSA) is 34.1 Å². The van der Waals surface area contributed by atoms with E-state index >= 15 is 0 Å². The van der Waals surface area contributed by atoms with Crippen molar-refractivity contribution in [3.63, 3.8) is 0 Å². The van der Waals surface area contributed by atoms with Gasteiger partial charge < -0.3 is 0 Å². The lowest BCUT2D eigenvalue weighted by Gasteiger charge is -2.58. The van der Waals surface area contributed by atoms with Gasteiger partial charge in [0.1, 0.15) is 5.78 Å². The number of halogens is 2. The zero-order valence-corrected chi connectivity index (χ0v) is 15.2. The van der Waals surface area contributed by atoms with E-state index in [1.807, 2.05) is 6.08 Å². The number of rotatable bonds is 2. The molecule has 4 heteroatoms. The number of hydrogen-bond donors (Lipinski definition) is 0. The van der Waals surface area contributed by atoms with E-state index in [4.69, 9.17) is 0 Å². The summed E-state index contributed by atoms with van der Waals surface area (Å²) in [5.41, 5.74) is 0.171. The number of ketones is 2. The van der Waals surface area contributed by atoms with Crippen LogP contribution in [0, 0.1) is 34.5 Å². The number of Topliss-reactive ketones (excluding diaryl/α,β-unsaturated/α-hetero) is 1. The molecule has 4 aliphatic carbocycles. The maximum atomic E-state index is 14.3. The molecule has 0 spiro atoms. The molecule has 4 aliphatic rings. The summed E-state index contributed by atoms with van der Waals surface area (Å²) in [7, 11) is 0. The predicted molar refractivity (Wildman–Crippen MR) is 91.2 cm³/mol. The van der Waals surface area contributed by atoms with Gasteiger partial charge in [0.15, 0.2) is 5.78 Å². The zero-order valence-electron chi connectivity index (χ0n) is 15.2. The molecule has 3 fully saturated rings. The lowest BCUT2D eigenvalue weighted by molar-refractivity contribution is -0.153. The van der Waals surface area contributed by atoms with Crippen molar-refractivity contribution in [1.82, 2.24) is 0 Å². The summed E-state index contributed by atoms with van der Waals surface area (Å²) in [4.78, 5) is 24.0. The highest BCUT2D eigenvalue weighted by molar-refractivity contribution is 5.91. The van der Waals surface area contributed by atoms with Crippen molar-refractivity contribution in [1.29, 1.82) is 0 Å². The number of allylic oxidation sites excluding steroid dienone is 1. The molecule has 0 amide bonds. The Morgan fingerprint density at radius 2 is 1.88 bits per heavy atom. The number of fused-ring (bicyclic) bond motifs is 5. The van der Waals surface area contributed by atoms with Crippen LogP contribution in [0.2, 0.25) is 0 Å². The molecule has 0 unspecified atom stereocenters. The SMILES string of the molecule is CC(=O)[C@H]1CC[C@H]2[C@@H]3CCC4=CC(=O)CC[C@]4(C)[C@H]3CC[C@]12C(F)F. The van der Waals surface area contributed by atoms with Crippen LogP contribution in [-0.4, -0.2) is 18.0 Å². The van der Waals surface area contributed by atoms with Gasteiger partial charge in [0, 0.05) is 17.8 Å². The summed E-state index contributed by atoms with van der Waals surface area (Å²) in [5.74, 6) is 0.353. The van der Waals surface area contributed by atoms with Crippen LogP contribution < -0.4 is 0 Å². The molecule has 6 atom stereocenters. The highest BCUT2D eigenvalue weighted by atomic mass is 19.3. The molecule has 0 aromatic rings. The van der Waals surface area contributed by atoms with Crippen molar-refractivity contribution in [3.8, 4) is 0 Å². The first-order chi connectivity index (χ1) is 11.8. The maximum Gasteiger partial charge on any atom is 0.245 e. The van der Waals surface area contributed by atoms with Gasteiger partial charge in [-0.15, -0.1) is 0 Å². The molecule has 3 saturated carbocycles. The molecule has 0 radical (unpaired) electrons. The predicted octanol–water partition coefficient (Wildman–Crippen LogP) is 4.97. The van der Waals surface area contributed by atoms with Crippen LogP contribution in [0.5, 0.6) is 0 Å². The number of carbonyl (C=O) groups is 2. The normalized spacial score (nSPS) is 46.3. The summed E-state index contributed by atoms with van der Waals surface area (Å²) in [5, 5.41) is 0. The number of carbonyl (C=O) groups excluding carboxylic acids is 2. The van der Waals surface area contributed by atoms with Gasteiger partial charge in [0.05, 0.1) is 0 Å². The molecule has 138 valence electrons. The van der Waals surface area contributed by atoms with E-state index < -0.39 is 17.8 Å². The third-order valence-corrected chi connectivity index (χ3v) is 8.45. The third-order valence-electron chi connectivity index (χ3n) is 8.45. The van der Waals surface area contributed by atoms with Crippen molar-refractivity contribution in [3.05, 3.63) is 11.6 Å². The Kier molecular flexibility index (Phi) is 3.97. The van der Waals surface area contributed by atoms with E-state index in [2.05, 4.69) is 6.92 Å². The highest BCUT2D eigenvalue weighted by Gasteiger charge is 2.65. The first kappa shape index (κ1) is 17.4. The second-order valence-corrected chi connectivity index (χ2v) is 9.16. The lowest BCUT2D eigenvalue weighted by Crippen LogP contribution is -2.54. The van der Waals surface area contributed by atoms with Gasteiger partial charge in [-0.2, -0.15) is 0 Å². The molecule has 0 aliphatic heterocycles. The van der Waals surface area contributed by atoms with Crippen molar-refractivity contribution in [2.45, 2.75) is 71.6 Å². The van der Waals surface area contributed by atoms with Crippen LogP contribution in [0.3, 0.4) is 0 Å². The summed E-state index contributed by atoms with van der Waals surface area (Å²) in [6, 6.07) is 0. The monoisotopic (exact) mass is 350 g/mol. The van der Waals surface area contributed by atoms with Gasteiger partial charge >= 0.3 is 0 Å². The largest absolute Gasteiger partial charge is 0.300 e. The Morgan fingerprint density at radius 3 is 2.56 bits per heavy atom. The zero-order chi connectivity index (χ0) is 18.0. The maximum absolute atomic E-state index is 14.3. The van der Waals surface area contributed by atoms with Crippen molar-refractivity contribution < 1.29 is 18.4 Å². The van der Waals surface area contributed by atoms with E-state index in [0.29, 0.717) is 25.2 Å². The standard InChI is InChI=1S/C21H28F2O2/c1-12(24)16-5-6-18-15-4-3-13-11-14(25)7-9-20(13,2)17(15)8-10-21(16,18)19(22)23/h11,15-19H,3-10H2,1-2H3/t15-,16-,17+,18+,20+,21+/m1/s1. The van der Waals surface area contributed by atoms with E-state index in [0.717, 1.165) is 32.1 Å². The average Bonchev–Trinajstić information content (AvgIpc) is 2.96. The van der Waals surface area contributed by atoms with Crippen molar-refractivity contribution >= 4 is 11.6 Å². The molecule has 0 N–H and O–H groups in total. The smallest absolute Gasteiger partial charge is 0.245 e.